The monoisotopic (exact) mass is 373 g/mol. The first-order valence-corrected chi connectivity index (χ1v) is 8.49. The molecular weight excluding hydrogens is 353 g/mol. The van der Waals surface area contributed by atoms with Crippen LogP contribution in [0.2, 0.25) is 10.0 Å². The number of amides is 2. The first-order chi connectivity index (χ1) is 11.4. The molecule has 8 heteroatoms. The summed E-state index contributed by atoms with van der Waals surface area (Å²) in [4.78, 5) is 27.7. The van der Waals surface area contributed by atoms with Crippen molar-refractivity contribution in [3.8, 4) is 5.75 Å². The van der Waals surface area contributed by atoms with Gasteiger partial charge in [0.25, 0.3) is 5.91 Å². The molecule has 1 aromatic carbocycles. The first-order valence-electron chi connectivity index (χ1n) is 7.74. The van der Waals surface area contributed by atoms with E-state index in [0.717, 1.165) is 0 Å². The van der Waals surface area contributed by atoms with E-state index < -0.39 is 6.10 Å². The third kappa shape index (κ3) is 5.00. The van der Waals surface area contributed by atoms with Crippen molar-refractivity contribution in [2.75, 3.05) is 39.8 Å². The molecule has 1 aromatic rings. The van der Waals surface area contributed by atoms with Crippen molar-refractivity contribution in [3.63, 3.8) is 0 Å². The van der Waals surface area contributed by atoms with Gasteiger partial charge < -0.3 is 15.0 Å². The number of ether oxygens (including phenoxy) is 1. The van der Waals surface area contributed by atoms with Gasteiger partial charge in [-0.3, -0.25) is 14.5 Å². The van der Waals surface area contributed by atoms with Gasteiger partial charge in [-0.15, -0.1) is 0 Å². The van der Waals surface area contributed by atoms with E-state index in [0.29, 0.717) is 48.5 Å². The van der Waals surface area contributed by atoms with Crippen molar-refractivity contribution < 1.29 is 14.3 Å². The van der Waals surface area contributed by atoms with Crippen LogP contribution in [0.1, 0.15) is 6.92 Å². The number of piperazine rings is 1. The highest BCUT2D eigenvalue weighted by Crippen LogP contribution is 2.28. The summed E-state index contributed by atoms with van der Waals surface area (Å²) < 4.78 is 5.66. The minimum absolute atomic E-state index is 0.0242. The Morgan fingerprint density at radius 1 is 1.25 bits per heavy atom. The van der Waals surface area contributed by atoms with Gasteiger partial charge in [0, 0.05) is 38.2 Å². The van der Waals surface area contributed by atoms with Gasteiger partial charge in [0.05, 0.1) is 11.6 Å². The molecule has 1 aliphatic rings. The molecule has 0 aromatic heterocycles. The average Bonchev–Trinajstić information content (AvgIpc) is 2.57. The lowest BCUT2D eigenvalue weighted by atomic mass is 10.2. The van der Waals surface area contributed by atoms with Crippen molar-refractivity contribution in [2.45, 2.75) is 13.0 Å². The predicted octanol–water partition coefficient (Wildman–Crippen LogP) is 1.65. The lowest BCUT2D eigenvalue weighted by molar-refractivity contribution is -0.139. The maximum absolute atomic E-state index is 12.5. The zero-order chi connectivity index (χ0) is 17.7. The van der Waals surface area contributed by atoms with Crippen LogP contribution in [0.25, 0.3) is 0 Å². The Bertz CT molecular complexity index is 604. The molecule has 24 heavy (non-hydrogen) atoms. The summed E-state index contributed by atoms with van der Waals surface area (Å²) in [5, 5.41) is 3.48. The van der Waals surface area contributed by atoms with Crippen LogP contribution in [-0.2, 0) is 9.59 Å². The van der Waals surface area contributed by atoms with E-state index in [9.17, 15) is 9.59 Å². The summed E-state index contributed by atoms with van der Waals surface area (Å²) in [6, 6.07) is 4.89. The third-order valence-corrected chi connectivity index (χ3v) is 4.41. The van der Waals surface area contributed by atoms with Crippen LogP contribution in [0.15, 0.2) is 18.2 Å². The largest absolute Gasteiger partial charge is 0.479 e. The number of halogens is 2. The maximum atomic E-state index is 12.5. The molecule has 0 spiro atoms. The van der Waals surface area contributed by atoms with E-state index in [1.165, 1.54) is 0 Å². The smallest absolute Gasteiger partial charge is 0.263 e. The van der Waals surface area contributed by atoms with Crippen molar-refractivity contribution in [2.24, 2.45) is 0 Å². The highest BCUT2D eigenvalue weighted by atomic mass is 35.5. The Labute approximate surface area is 151 Å². The van der Waals surface area contributed by atoms with E-state index in [1.807, 2.05) is 4.90 Å². The molecule has 1 N–H and O–H groups in total. The summed E-state index contributed by atoms with van der Waals surface area (Å²) in [5.74, 6) is 0.310. The molecule has 132 valence electrons. The van der Waals surface area contributed by atoms with Crippen LogP contribution in [-0.4, -0.2) is 67.5 Å². The molecule has 1 aliphatic heterocycles. The molecule has 2 rings (SSSR count). The first kappa shape index (κ1) is 18.8. The zero-order valence-electron chi connectivity index (χ0n) is 13.7. The minimum atomic E-state index is -0.644. The van der Waals surface area contributed by atoms with E-state index in [4.69, 9.17) is 27.9 Å². The SMILES string of the molecule is CNC(=O)CN1CCN(C(=O)C(C)Oc2ccc(Cl)cc2Cl)CC1. The summed E-state index contributed by atoms with van der Waals surface area (Å²) in [7, 11) is 1.61. The second-order valence-electron chi connectivity index (χ2n) is 5.61. The minimum Gasteiger partial charge on any atom is -0.479 e. The van der Waals surface area contributed by atoms with Crippen molar-refractivity contribution >= 4 is 35.0 Å². The molecule has 0 saturated carbocycles. The Kier molecular flexibility index (Phi) is 6.71. The molecule has 1 unspecified atom stereocenters. The Hall–Kier alpha value is -1.50. The van der Waals surface area contributed by atoms with Gasteiger partial charge in [-0.05, 0) is 25.1 Å². The summed E-state index contributed by atoms with van der Waals surface area (Å²) >= 11 is 11.9. The van der Waals surface area contributed by atoms with Gasteiger partial charge in [0.15, 0.2) is 6.10 Å². The molecule has 6 nitrogen and oxygen atoms in total. The number of likely N-dealkylation sites (N-methyl/N-ethyl adjacent to an activating group) is 1. The number of carbonyl (C=O) groups is 2. The Balaban J connectivity index is 1.87. The molecule has 2 amide bonds. The molecule has 1 heterocycles. The molecule has 1 atom stereocenters. The number of nitrogens with zero attached hydrogens (tertiary/aromatic N) is 2. The molecule has 1 saturated heterocycles. The summed E-state index contributed by atoms with van der Waals surface area (Å²) in [6.07, 6.45) is -0.644. The van der Waals surface area contributed by atoms with Crippen LogP contribution >= 0.6 is 23.2 Å². The molecule has 1 fully saturated rings. The highest BCUT2D eigenvalue weighted by Gasteiger charge is 2.27. The third-order valence-electron chi connectivity index (χ3n) is 3.88. The molecule has 0 aliphatic carbocycles. The summed E-state index contributed by atoms with van der Waals surface area (Å²) in [6.45, 7) is 4.51. The van der Waals surface area contributed by atoms with Gasteiger partial charge in [0.1, 0.15) is 5.75 Å². The van der Waals surface area contributed by atoms with Crippen molar-refractivity contribution in [1.82, 2.24) is 15.1 Å². The van der Waals surface area contributed by atoms with Crippen LogP contribution in [0.5, 0.6) is 5.75 Å². The molecular formula is C16H21Cl2N3O3. The second kappa shape index (κ2) is 8.55. The second-order valence-corrected chi connectivity index (χ2v) is 6.45. The number of nitrogens with one attached hydrogen (secondary N) is 1. The lowest BCUT2D eigenvalue weighted by Gasteiger charge is -2.35. The van der Waals surface area contributed by atoms with Crippen LogP contribution < -0.4 is 10.1 Å². The van der Waals surface area contributed by atoms with Gasteiger partial charge in [-0.2, -0.15) is 0 Å². The number of rotatable bonds is 5. The van der Waals surface area contributed by atoms with Gasteiger partial charge >= 0.3 is 0 Å². The number of carbonyl (C=O) groups excluding carboxylic acids is 2. The van der Waals surface area contributed by atoms with Gasteiger partial charge in [-0.25, -0.2) is 0 Å². The van der Waals surface area contributed by atoms with Crippen LogP contribution in [0, 0.1) is 0 Å². The quantitative estimate of drug-likeness (QED) is 0.852. The molecule has 0 bridgehead atoms. The van der Waals surface area contributed by atoms with E-state index in [2.05, 4.69) is 5.32 Å². The normalized spacial score (nSPS) is 16.6. The maximum Gasteiger partial charge on any atom is 0.263 e. The van der Waals surface area contributed by atoms with Crippen molar-refractivity contribution in [3.05, 3.63) is 28.2 Å². The summed E-state index contributed by atoms with van der Waals surface area (Å²) in [5.41, 5.74) is 0. The Morgan fingerprint density at radius 2 is 1.92 bits per heavy atom. The zero-order valence-corrected chi connectivity index (χ0v) is 15.2. The van der Waals surface area contributed by atoms with E-state index >= 15 is 0 Å². The fraction of sp³-hybridized carbons (Fsp3) is 0.500. The van der Waals surface area contributed by atoms with Crippen molar-refractivity contribution in [1.29, 1.82) is 0 Å². The van der Waals surface area contributed by atoms with E-state index in [1.54, 1.807) is 37.1 Å². The number of hydrogen-bond acceptors (Lipinski definition) is 4. The number of hydrogen-bond donors (Lipinski definition) is 1. The van der Waals surface area contributed by atoms with Gasteiger partial charge in [0.2, 0.25) is 5.91 Å². The highest BCUT2D eigenvalue weighted by molar-refractivity contribution is 6.35. The predicted molar refractivity (Wildman–Crippen MR) is 93.6 cm³/mol. The lowest BCUT2D eigenvalue weighted by Crippen LogP contribution is -2.53. The topological polar surface area (TPSA) is 61.9 Å². The number of benzene rings is 1. The fourth-order valence-electron chi connectivity index (χ4n) is 2.48. The van der Waals surface area contributed by atoms with Crippen LogP contribution in [0.3, 0.4) is 0 Å². The molecule has 0 radical (unpaired) electrons. The van der Waals surface area contributed by atoms with Crippen LogP contribution in [0.4, 0.5) is 0 Å². The van der Waals surface area contributed by atoms with E-state index in [-0.39, 0.29) is 11.8 Å². The average molecular weight is 374 g/mol. The standard InChI is InChI=1S/C16H21Cl2N3O3/c1-11(24-14-4-3-12(17)9-13(14)18)16(23)21-7-5-20(6-8-21)10-15(22)19-2/h3-4,9,11H,5-8,10H2,1-2H3,(H,19,22). The fourth-order valence-corrected chi connectivity index (χ4v) is 2.93. The Morgan fingerprint density at radius 3 is 2.50 bits per heavy atom. The van der Waals surface area contributed by atoms with Gasteiger partial charge in [-0.1, -0.05) is 23.2 Å².